The fraction of sp³-hybridized carbons (Fsp3) is 0.176. The number of H-pyrrole nitrogens is 1. The van der Waals surface area contributed by atoms with E-state index in [2.05, 4.69) is 4.98 Å². The van der Waals surface area contributed by atoms with Crippen LogP contribution >= 0.6 is 0 Å². The van der Waals surface area contributed by atoms with Crippen molar-refractivity contribution in [3.05, 3.63) is 60.3 Å². The quantitative estimate of drug-likeness (QED) is 0.755. The third kappa shape index (κ3) is 3.09. The maximum Gasteiger partial charge on any atom is 0.236 e. The van der Waals surface area contributed by atoms with Gasteiger partial charge in [-0.1, -0.05) is 18.2 Å². The molecule has 120 valence electrons. The van der Waals surface area contributed by atoms with Gasteiger partial charge in [-0.3, -0.25) is 0 Å². The fourth-order valence-electron chi connectivity index (χ4n) is 2.75. The molecule has 0 saturated carbocycles. The van der Waals surface area contributed by atoms with E-state index in [9.17, 15) is 8.42 Å². The predicted octanol–water partition coefficient (Wildman–Crippen LogP) is 2.77. The van der Waals surface area contributed by atoms with E-state index in [0.717, 1.165) is 22.9 Å². The van der Waals surface area contributed by atoms with Gasteiger partial charge in [0.05, 0.1) is 17.6 Å². The Morgan fingerprint density at radius 1 is 1.09 bits per heavy atom. The number of rotatable bonds is 5. The average Bonchev–Trinajstić information content (AvgIpc) is 2.90. The van der Waals surface area contributed by atoms with Gasteiger partial charge in [-0.15, -0.1) is 0 Å². The van der Waals surface area contributed by atoms with Gasteiger partial charge < -0.3 is 10.7 Å². The molecule has 23 heavy (non-hydrogen) atoms. The van der Waals surface area contributed by atoms with Crippen molar-refractivity contribution in [1.29, 1.82) is 0 Å². The van der Waals surface area contributed by atoms with E-state index >= 15 is 0 Å². The number of hydrogen-bond donors (Lipinski definition) is 2. The lowest BCUT2D eigenvalue weighted by atomic mass is 10.1. The summed E-state index contributed by atoms with van der Waals surface area (Å²) in [6.07, 6.45) is 3.88. The normalized spacial score (nSPS) is 11.7. The molecule has 0 unspecified atom stereocenters. The van der Waals surface area contributed by atoms with Crippen molar-refractivity contribution >= 4 is 32.3 Å². The van der Waals surface area contributed by atoms with Crippen LogP contribution in [-0.2, 0) is 16.4 Å². The minimum Gasteiger partial charge on any atom is -0.361 e. The monoisotopic (exact) mass is 329 g/mol. The van der Waals surface area contributed by atoms with Gasteiger partial charge in [0.15, 0.2) is 0 Å². The number of fused-ring (bicyclic) bond motifs is 1. The van der Waals surface area contributed by atoms with Crippen LogP contribution in [0.3, 0.4) is 0 Å². The molecule has 0 spiro atoms. The highest BCUT2D eigenvalue weighted by Crippen LogP contribution is 2.31. The Kier molecular flexibility index (Phi) is 4.11. The Bertz CT molecular complexity index is 917. The van der Waals surface area contributed by atoms with Crippen molar-refractivity contribution in [2.75, 3.05) is 17.1 Å². The summed E-state index contributed by atoms with van der Waals surface area (Å²) < 4.78 is 26.0. The van der Waals surface area contributed by atoms with E-state index in [0.29, 0.717) is 17.9 Å². The van der Waals surface area contributed by atoms with Crippen molar-refractivity contribution in [2.24, 2.45) is 5.73 Å². The van der Waals surface area contributed by atoms with Crippen molar-refractivity contribution in [3.8, 4) is 0 Å². The number of hydrogen-bond acceptors (Lipinski definition) is 3. The van der Waals surface area contributed by atoms with Crippen LogP contribution in [0.2, 0.25) is 0 Å². The minimum absolute atomic E-state index is 0.547. The summed E-state index contributed by atoms with van der Waals surface area (Å²) in [6, 6.07) is 14.7. The van der Waals surface area contributed by atoms with Gasteiger partial charge in [-0.05, 0) is 48.9 Å². The van der Waals surface area contributed by atoms with E-state index in [1.165, 1.54) is 10.6 Å². The van der Waals surface area contributed by atoms with Crippen LogP contribution in [0.25, 0.3) is 10.9 Å². The minimum atomic E-state index is -3.45. The summed E-state index contributed by atoms with van der Waals surface area (Å²) in [6.45, 7) is 0.547. The molecule has 0 fully saturated rings. The molecule has 5 nitrogen and oxygen atoms in total. The lowest BCUT2D eigenvalue weighted by Gasteiger charge is -2.22. The number of nitrogens with one attached hydrogen (secondary N) is 1. The van der Waals surface area contributed by atoms with Gasteiger partial charge in [0.25, 0.3) is 0 Å². The third-order valence-corrected chi connectivity index (χ3v) is 4.81. The molecule has 0 amide bonds. The summed E-state index contributed by atoms with van der Waals surface area (Å²) >= 11 is 0. The molecular weight excluding hydrogens is 310 g/mol. The van der Waals surface area contributed by atoms with Crippen molar-refractivity contribution in [2.45, 2.75) is 6.42 Å². The average molecular weight is 329 g/mol. The first-order chi connectivity index (χ1) is 11.0. The van der Waals surface area contributed by atoms with Crippen LogP contribution in [0.1, 0.15) is 5.56 Å². The largest absolute Gasteiger partial charge is 0.361 e. The van der Waals surface area contributed by atoms with E-state index < -0.39 is 10.0 Å². The van der Waals surface area contributed by atoms with E-state index in [1.807, 2.05) is 36.5 Å². The zero-order valence-corrected chi connectivity index (χ0v) is 13.7. The molecule has 0 aliphatic rings. The predicted molar refractivity (Wildman–Crippen MR) is 94.5 cm³/mol. The second-order valence-electron chi connectivity index (χ2n) is 5.45. The van der Waals surface area contributed by atoms with Gasteiger partial charge in [0.2, 0.25) is 10.0 Å². The Morgan fingerprint density at radius 3 is 2.48 bits per heavy atom. The molecule has 1 heterocycles. The van der Waals surface area contributed by atoms with Crippen molar-refractivity contribution < 1.29 is 8.42 Å². The Hall–Kier alpha value is -2.31. The maximum atomic E-state index is 12.3. The number of aromatic amines is 1. The molecule has 0 bridgehead atoms. The van der Waals surface area contributed by atoms with Crippen LogP contribution in [-0.4, -0.2) is 26.2 Å². The van der Waals surface area contributed by atoms with Gasteiger partial charge >= 0.3 is 0 Å². The number of para-hydroxylation sites is 1. The van der Waals surface area contributed by atoms with E-state index in [1.54, 1.807) is 18.2 Å². The first kappa shape index (κ1) is 15.6. The summed E-state index contributed by atoms with van der Waals surface area (Å²) in [5, 5.41) is 0.998. The molecule has 3 rings (SSSR count). The number of sulfonamides is 1. The molecule has 3 N–H and O–H groups in total. The van der Waals surface area contributed by atoms with Crippen LogP contribution < -0.4 is 10.0 Å². The molecule has 0 radical (unpaired) electrons. The Morgan fingerprint density at radius 2 is 1.83 bits per heavy atom. The van der Waals surface area contributed by atoms with Crippen LogP contribution in [0.15, 0.2) is 54.7 Å². The van der Waals surface area contributed by atoms with Gasteiger partial charge in [-0.25, -0.2) is 12.7 Å². The zero-order valence-electron chi connectivity index (χ0n) is 12.9. The Balaban J connectivity index is 2.17. The van der Waals surface area contributed by atoms with Crippen LogP contribution in [0.4, 0.5) is 11.4 Å². The molecule has 1 aromatic heterocycles. The summed E-state index contributed by atoms with van der Waals surface area (Å²) in [5.74, 6) is 0. The second-order valence-corrected chi connectivity index (χ2v) is 7.28. The smallest absolute Gasteiger partial charge is 0.236 e. The molecule has 0 aliphatic heterocycles. The number of benzene rings is 2. The lowest BCUT2D eigenvalue weighted by Crippen LogP contribution is -2.24. The van der Waals surface area contributed by atoms with Gasteiger partial charge in [-0.2, -0.15) is 0 Å². The molecule has 6 heteroatoms. The van der Waals surface area contributed by atoms with Gasteiger partial charge in [0, 0.05) is 17.1 Å². The molecule has 0 aliphatic carbocycles. The first-order valence-electron chi connectivity index (χ1n) is 7.36. The Labute approximate surface area is 135 Å². The third-order valence-electron chi connectivity index (χ3n) is 3.72. The number of nitrogens with zero attached hydrogens (tertiary/aromatic N) is 1. The first-order valence-corrected chi connectivity index (χ1v) is 9.21. The summed E-state index contributed by atoms with van der Waals surface area (Å²) in [5.41, 5.74) is 8.94. The van der Waals surface area contributed by atoms with Crippen molar-refractivity contribution in [1.82, 2.24) is 4.98 Å². The van der Waals surface area contributed by atoms with E-state index in [4.69, 9.17) is 5.73 Å². The summed E-state index contributed by atoms with van der Waals surface area (Å²) in [7, 11) is -3.45. The molecule has 3 aromatic rings. The molecule has 2 aromatic carbocycles. The molecule has 0 saturated heterocycles. The topological polar surface area (TPSA) is 79.2 Å². The molecular formula is C17H19N3O2S. The van der Waals surface area contributed by atoms with Crippen LogP contribution in [0.5, 0.6) is 0 Å². The van der Waals surface area contributed by atoms with E-state index in [-0.39, 0.29) is 0 Å². The lowest BCUT2D eigenvalue weighted by molar-refractivity contribution is 0.602. The SMILES string of the molecule is CS(=O)(=O)N(c1ccccc1)c1ccc2[nH]cc(CCN)c2c1. The number of aromatic nitrogens is 1. The van der Waals surface area contributed by atoms with Gasteiger partial charge in [0.1, 0.15) is 0 Å². The van der Waals surface area contributed by atoms with Crippen molar-refractivity contribution in [3.63, 3.8) is 0 Å². The standard InChI is InChI=1S/C17H19N3O2S/c1-23(21,22)20(14-5-3-2-4-6-14)15-7-8-17-16(11-15)13(9-10-18)12-19-17/h2-8,11-12,19H,9-10,18H2,1H3. The number of nitrogens with two attached hydrogens (primary N) is 1. The summed E-state index contributed by atoms with van der Waals surface area (Å²) in [4.78, 5) is 3.19. The number of anilines is 2. The molecule has 0 atom stereocenters. The highest BCUT2D eigenvalue weighted by Gasteiger charge is 2.20. The zero-order chi connectivity index (χ0) is 16.4. The highest BCUT2D eigenvalue weighted by molar-refractivity contribution is 7.92. The second kappa shape index (κ2) is 6.06. The maximum absolute atomic E-state index is 12.3. The highest BCUT2D eigenvalue weighted by atomic mass is 32.2. The van der Waals surface area contributed by atoms with Crippen LogP contribution in [0, 0.1) is 0 Å². The fourth-order valence-corrected chi connectivity index (χ4v) is 3.75.